The van der Waals surface area contributed by atoms with E-state index in [-0.39, 0.29) is 29.8 Å². The smallest absolute Gasteiger partial charge is 0.229 e. The highest BCUT2D eigenvalue weighted by Gasteiger charge is 2.49. The first-order chi connectivity index (χ1) is 27.1. The fraction of sp³-hybridized carbons (Fsp3) is 0.467. The highest BCUT2D eigenvalue weighted by molar-refractivity contribution is 5.45. The van der Waals surface area contributed by atoms with Crippen LogP contribution in [0.5, 0.6) is 23.0 Å². The van der Waals surface area contributed by atoms with Crippen LogP contribution in [0, 0.1) is 23.7 Å². The van der Waals surface area contributed by atoms with Crippen molar-refractivity contribution >= 4 is 0 Å². The van der Waals surface area contributed by atoms with Crippen molar-refractivity contribution in [3.8, 4) is 23.0 Å². The summed E-state index contributed by atoms with van der Waals surface area (Å²) in [7, 11) is 4.69. The van der Waals surface area contributed by atoms with Gasteiger partial charge in [0.15, 0.2) is 23.0 Å². The molecule has 11 nitrogen and oxygen atoms in total. The molecule has 0 spiro atoms. The summed E-state index contributed by atoms with van der Waals surface area (Å²) < 4.78 is 40.1. The molecule has 11 atom stereocenters. The Morgan fingerprint density at radius 2 is 1.05 bits per heavy atom. The molecule has 2 unspecified atom stereocenters. The molecular weight excluding hydrogens is 716 g/mol. The molecule has 56 heavy (non-hydrogen) atoms. The molecule has 302 valence electrons. The monoisotopic (exact) mass is 772 g/mol. The summed E-state index contributed by atoms with van der Waals surface area (Å²) in [5.41, 5.74) is 4.78. The van der Waals surface area contributed by atoms with Gasteiger partial charge in [-0.2, -0.15) is 0 Å². The Kier molecular flexibility index (Phi) is 14.3. The van der Waals surface area contributed by atoms with Gasteiger partial charge in [0.25, 0.3) is 0 Å². The Labute approximate surface area is 329 Å². The minimum absolute atomic E-state index is 0.120. The van der Waals surface area contributed by atoms with Crippen LogP contribution < -0.4 is 18.9 Å². The molecule has 0 radical (unpaired) electrons. The number of rotatable bonds is 13. The van der Waals surface area contributed by atoms with Crippen molar-refractivity contribution in [1.29, 1.82) is 0 Å². The van der Waals surface area contributed by atoms with Crippen molar-refractivity contribution in [3.63, 3.8) is 0 Å². The van der Waals surface area contributed by atoms with Gasteiger partial charge in [-0.3, -0.25) is 0 Å². The minimum Gasteiger partial charge on any atom is -0.493 e. The zero-order valence-corrected chi connectivity index (χ0v) is 32.8. The lowest BCUT2D eigenvalue weighted by Crippen LogP contribution is -2.60. The van der Waals surface area contributed by atoms with E-state index in [1.165, 1.54) is 31.1 Å². The molecule has 3 heterocycles. The third-order valence-corrected chi connectivity index (χ3v) is 11.4. The van der Waals surface area contributed by atoms with Crippen LogP contribution in [-0.4, -0.2) is 92.3 Å². The van der Waals surface area contributed by atoms with E-state index in [0.29, 0.717) is 42.3 Å². The number of aliphatic hydroxyl groups is 4. The van der Waals surface area contributed by atoms with E-state index in [4.69, 9.17) is 33.2 Å². The van der Waals surface area contributed by atoms with Gasteiger partial charge in [0.2, 0.25) is 6.29 Å². The van der Waals surface area contributed by atoms with Crippen molar-refractivity contribution < 1.29 is 53.6 Å². The highest BCUT2D eigenvalue weighted by atomic mass is 16.7. The second-order valence-corrected chi connectivity index (χ2v) is 15.0. The number of hydrogen-bond acceptors (Lipinski definition) is 11. The minimum atomic E-state index is -1.54. The first-order valence-corrected chi connectivity index (χ1v) is 19.3. The molecule has 0 aliphatic carbocycles. The van der Waals surface area contributed by atoms with Crippen LogP contribution >= 0.6 is 0 Å². The average molecular weight is 773 g/mol. The summed E-state index contributed by atoms with van der Waals surface area (Å²) in [5.74, 6) is 3.64. The maximum atomic E-state index is 10.3. The summed E-state index contributed by atoms with van der Waals surface area (Å²) >= 11 is 0. The second-order valence-electron chi connectivity index (χ2n) is 15.0. The molecule has 7 rings (SSSR count). The number of benzene rings is 4. The van der Waals surface area contributed by atoms with Crippen LogP contribution in [0.4, 0.5) is 0 Å². The normalized spacial score (nSPS) is 28.0. The summed E-state index contributed by atoms with van der Waals surface area (Å²) in [5, 5.41) is 39.8. The van der Waals surface area contributed by atoms with Crippen LogP contribution in [0.2, 0.25) is 0 Å². The molecule has 0 amide bonds. The number of ether oxygens (including phenoxy) is 7. The molecule has 4 aromatic rings. The second kappa shape index (κ2) is 19.3. The fourth-order valence-corrected chi connectivity index (χ4v) is 7.89. The number of fused-ring (bicyclic) bond motifs is 1. The Balaban J connectivity index is 0.000000247. The average Bonchev–Trinajstić information content (AvgIpc) is 3.85. The van der Waals surface area contributed by atoms with Gasteiger partial charge in [-0.25, -0.2) is 0 Å². The van der Waals surface area contributed by atoms with E-state index in [9.17, 15) is 20.4 Å². The predicted octanol–water partition coefficient (Wildman–Crippen LogP) is 5.71. The van der Waals surface area contributed by atoms with E-state index >= 15 is 0 Å². The molecular formula is C45H56O11. The van der Waals surface area contributed by atoms with Crippen LogP contribution in [0.1, 0.15) is 48.3 Å². The zero-order chi connectivity index (χ0) is 39.8. The summed E-state index contributed by atoms with van der Waals surface area (Å²) in [4.78, 5) is 0. The van der Waals surface area contributed by atoms with E-state index in [1.807, 2.05) is 24.3 Å². The number of aliphatic hydroxyl groups excluding tert-OH is 4. The molecule has 11 heteroatoms. The zero-order valence-electron chi connectivity index (χ0n) is 32.8. The first kappa shape index (κ1) is 41.4. The van der Waals surface area contributed by atoms with E-state index in [0.717, 1.165) is 11.1 Å². The van der Waals surface area contributed by atoms with Crippen molar-refractivity contribution in [1.82, 2.24) is 0 Å². The topological polar surface area (TPSA) is 146 Å². The van der Waals surface area contributed by atoms with Crippen LogP contribution in [0.15, 0.2) is 97.1 Å². The van der Waals surface area contributed by atoms with E-state index in [2.05, 4.69) is 74.5 Å². The van der Waals surface area contributed by atoms with Crippen molar-refractivity contribution in [2.75, 3.05) is 41.2 Å². The lowest BCUT2D eigenvalue weighted by Gasteiger charge is -2.39. The summed E-state index contributed by atoms with van der Waals surface area (Å²) in [6.07, 6.45) is -4.94. The molecule has 4 aromatic carbocycles. The Hall–Kier alpha value is -4.20. The van der Waals surface area contributed by atoms with Gasteiger partial charge in [-0.1, -0.05) is 86.6 Å². The van der Waals surface area contributed by atoms with Crippen molar-refractivity contribution in [3.05, 3.63) is 119 Å². The lowest BCUT2D eigenvalue weighted by molar-refractivity contribution is -0.277. The maximum absolute atomic E-state index is 10.3. The maximum Gasteiger partial charge on any atom is 0.229 e. The fourth-order valence-electron chi connectivity index (χ4n) is 7.89. The summed E-state index contributed by atoms with van der Waals surface area (Å²) in [6.45, 7) is 5.23. The van der Waals surface area contributed by atoms with Gasteiger partial charge in [0, 0.05) is 11.8 Å². The van der Waals surface area contributed by atoms with Gasteiger partial charge in [0.1, 0.15) is 24.4 Å². The molecule has 0 bridgehead atoms. The first-order valence-electron chi connectivity index (χ1n) is 19.3. The Morgan fingerprint density at radius 3 is 1.52 bits per heavy atom. The molecule has 3 aliphatic heterocycles. The van der Waals surface area contributed by atoms with Crippen molar-refractivity contribution in [2.45, 2.75) is 69.6 Å². The molecule has 0 aromatic heterocycles. The molecule has 3 fully saturated rings. The summed E-state index contributed by atoms with van der Waals surface area (Å²) in [6, 6.07) is 32.7. The molecule has 4 N–H and O–H groups in total. The van der Waals surface area contributed by atoms with Gasteiger partial charge in [-0.15, -0.1) is 0 Å². The van der Waals surface area contributed by atoms with Gasteiger partial charge in [-0.05, 0) is 71.2 Å². The van der Waals surface area contributed by atoms with Crippen LogP contribution in [-0.2, 0) is 27.1 Å². The Morgan fingerprint density at radius 1 is 0.589 bits per heavy atom. The van der Waals surface area contributed by atoms with Gasteiger partial charge < -0.3 is 53.6 Å². The van der Waals surface area contributed by atoms with Crippen LogP contribution in [0.3, 0.4) is 0 Å². The Bertz CT molecular complexity index is 1760. The highest BCUT2D eigenvalue weighted by Crippen LogP contribution is 2.51. The standard InChI is InChI=1S/C27H34O11.C18H22/c1-32-17-6-4-13(8-19(17)33-2)25-15-11-36-26(16(15)12-35-25)14-5-7-18(20(9-14)34-3)37-27-24(31)23(30)22(29)21(10-28)38-27;1-15(13-17-9-5-3-6-10-17)16(2)14-18-11-7-4-8-12-18/h4-9,15-16,21-31H,10-12H2,1-3H3;3-12,15-16H,13-14H2,1-2H3/t15-,16-,21+,22+,23-,24+,25-,26+,27+;/m0./s1. The quantitative estimate of drug-likeness (QED) is 0.133. The van der Waals surface area contributed by atoms with E-state index in [1.54, 1.807) is 26.4 Å². The third-order valence-electron chi connectivity index (χ3n) is 11.4. The van der Waals surface area contributed by atoms with Gasteiger partial charge >= 0.3 is 0 Å². The largest absolute Gasteiger partial charge is 0.493 e. The van der Waals surface area contributed by atoms with Gasteiger partial charge in [0.05, 0.1) is 53.4 Å². The predicted molar refractivity (Wildman–Crippen MR) is 210 cm³/mol. The third kappa shape index (κ3) is 9.49. The SMILES string of the molecule is CC(Cc1ccccc1)C(C)Cc1ccccc1.COc1ccc([C@@H]2OC[C@H]3[C@@H]2CO[C@@H]3c2ccc(O[C@@H]3O[C@H](CO)[C@@H](O)[C@H](O)[C@H]3O)c(OC)c2)cc1OC. The molecule has 3 aliphatic rings. The van der Waals surface area contributed by atoms with Crippen molar-refractivity contribution in [2.24, 2.45) is 23.7 Å². The lowest BCUT2D eigenvalue weighted by atomic mass is 9.85. The molecule has 3 saturated heterocycles. The number of methoxy groups -OCH3 is 3. The van der Waals surface area contributed by atoms with Crippen LogP contribution in [0.25, 0.3) is 0 Å². The number of hydrogen-bond donors (Lipinski definition) is 4. The van der Waals surface area contributed by atoms with E-state index < -0.39 is 37.3 Å². The molecule has 0 saturated carbocycles.